The van der Waals surface area contributed by atoms with Gasteiger partial charge >= 0.3 is 0 Å². The van der Waals surface area contributed by atoms with Gasteiger partial charge in [0, 0.05) is 29.4 Å². The molecule has 5 rings (SSSR count). The van der Waals surface area contributed by atoms with E-state index in [4.69, 9.17) is 20.6 Å². The second-order valence-electron chi connectivity index (χ2n) is 7.89. The summed E-state index contributed by atoms with van der Waals surface area (Å²) in [7, 11) is 0.761. The van der Waals surface area contributed by atoms with Crippen LogP contribution in [0, 0.1) is 0 Å². The molecule has 1 atom stereocenters. The zero-order chi connectivity index (χ0) is 22.2. The first-order valence-electron chi connectivity index (χ1n) is 10.5. The fourth-order valence-electron chi connectivity index (χ4n) is 3.81. The van der Waals surface area contributed by atoms with Crippen LogP contribution < -0.4 is 10.5 Å². The van der Waals surface area contributed by atoms with Crippen LogP contribution in [0.2, 0.25) is 0 Å². The number of ether oxygens (including phenoxy) is 1. The molecule has 1 fully saturated rings. The lowest BCUT2D eigenvalue weighted by Crippen LogP contribution is -2.23. The van der Waals surface area contributed by atoms with Gasteiger partial charge in [0.15, 0.2) is 0 Å². The molecule has 3 aromatic heterocycles. The van der Waals surface area contributed by atoms with Gasteiger partial charge in [-0.1, -0.05) is 18.6 Å². The number of nitrogens with two attached hydrogens (primary N) is 1. The van der Waals surface area contributed by atoms with Crippen LogP contribution in [0.3, 0.4) is 0 Å². The van der Waals surface area contributed by atoms with Crippen molar-refractivity contribution in [2.24, 2.45) is 7.05 Å². The second-order valence-corrected chi connectivity index (χ2v) is 10.8. The smallest absolute Gasteiger partial charge is 0.127 e. The topological polar surface area (TPSA) is 103 Å². The highest BCUT2D eigenvalue weighted by atomic mass is 32.2. The van der Waals surface area contributed by atoms with Crippen LogP contribution in [-0.2, 0) is 17.8 Å². The van der Waals surface area contributed by atoms with Gasteiger partial charge in [0.2, 0.25) is 0 Å². The summed E-state index contributed by atoms with van der Waals surface area (Å²) in [6, 6.07) is 9.69. The lowest BCUT2D eigenvalue weighted by Gasteiger charge is -2.23. The number of aliphatic hydroxyl groups excluding tert-OH is 1. The summed E-state index contributed by atoms with van der Waals surface area (Å²) >= 11 is 1.43. The van der Waals surface area contributed by atoms with Gasteiger partial charge in [0.25, 0.3) is 0 Å². The van der Waals surface area contributed by atoms with Crippen molar-refractivity contribution < 1.29 is 14.1 Å². The first kappa shape index (κ1) is 21.1. The first-order valence-corrected chi connectivity index (χ1v) is 12.5. The van der Waals surface area contributed by atoms with Crippen molar-refractivity contribution in [1.82, 2.24) is 14.8 Å². The van der Waals surface area contributed by atoms with Crippen molar-refractivity contribution in [3.05, 3.63) is 42.7 Å². The molecule has 0 spiro atoms. The van der Waals surface area contributed by atoms with Gasteiger partial charge in [-0.3, -0.25) is 8.89 Å². The number of rotatable bonds is 7. The van der Waals surface area contributed by atoms with Crippen molar-refractivity contribution in [2.45, 2.75) is 28.7 Å². The lowest BCUT2D eigenvalue weighted by molar-refractivity contribution is 0.201. The normalized spacial score (nSPS) is 15.1. The summed E-state index contributed by atoms with van der Waals surface area (Å²) in [6.45, 7) is 0.214. The Kier molecular flexibility index (Phi) is 5.71. The maximum Gasteiger partial charge on any atom is 0.127 e. The third-order valence-corrected chi connectivity index (χ3v) is 9.03. The minimum atomic E-state index is -1.11. The van der Waals surface area contributed by atoms with Gasteiger partial charge in [0.1, 0.15) is 21.4 Å². The van der Waals surface area contributed by atoms with Gasteiger partial charge in [-0.05, 0) is 42.2 Å². The molecule has 166 valence electrons. The Bertz CT molecular complexity index is 1290. The fraction of sp³-hybridized carbons (Fsp3) is 0.304. The number of fused-ring (bicyclic) bond motifs is 1. The molecule has 0 amide bonds. The number of hydrogen-bond acceptors (Lipinski definition) is 7. The number of nitrogen functional groups attached to an aromatic ring is 1. The first-order chi connectivity index (χ1) is 15.5. The molecule has 0 bridgehead atoms. The van der Waals surface area contributed by atoms with E-state index in [9.17, 15) is 4.21 Å². The molecule has 4 aromatic rings. The zero-order valence-corrected chi connectivity index (χ0v) is 19.3. The second kappa shape index (κ2) is 8.65. The Labute approximate surface area is 192 Å². The molecular weight excluding hydrogens is 444 g/mol. The number of benzene rings is 1. The average molecular weight is 469 g/mol. The van der Waals surface area contributed by atoms with Crippen molar-refractivity contribution in [3.8, 4) is 28.1 Å². The molecule has 9 heteroatoms. The summed E-state index contributed by atoms with van der Waals surface area (Å²) in [5, 5.41) is 14.3. The van der Waals surface area contributed by atoms with Gasteiger partial charge in [0.05, 0.1) is 35.0 Å². The summed E-state index contributed by atoms with van der Waals surface area (Å²) in [5.41, 5.74) is 10.8. The zero-order valence-electron chi connectivity index (χ0n) is 17.7. The van der Waals surface area contributed by atoms with E-state index in [2.05, 4.69) is 5.10 Å². The minimum absolute atomic E-state index is 0.0342. The molecule has 0 radical (unpaired) electrons. The molecule has 1 unspecified atom stereocenters. The Hall–Kier alpha value is -2.75. The number of pyridine rings is 1. The van der Waals surface area contributed by atoms with Crippen LogP contribution in [-0.4, -0.2) is 42.5 Å². The number of aryl methyl sites for hydroxylation is 1. The third-order valence-electron chi connectivity index (χ3n) is 5.73. The van der Waals surface area contributed by atoms with E-state index in [0.29, 0.717) is 11.4 Å². The van der Waals surface area contributed by atoms with Gasteiger partial charge < -0.3 is 15.6 Å². The maximum absolute atomic E-state index is 13.1. The predicted octanol–water partition coefficient (Wildman–Crippen LogP) is 3.98. The van der Waals surface area contributed by atoms with E-state index in [1.165, 1.54) is 11.3 Å². The van der Waals surface area contributed by atoms with Crippen LogP contribution in [0.1, 0.15) is 19.3 Å². The van der Waals surface area contributed by atoms with Crippen LogP contribution >= 0.6 is 11.3 Å². The summed E-state index contributed by atoms with van der Waals surface area (Å²) < 4.78 is 21.1. The quantitative estimate of drug-likeness (QED) is 0.425. The van der Waals surface area contributed by atoms with E-state index in [1.807, 2.05) is 43.6 Å². The van der Waals surface area contributed by atoms with Gasteiger partial charge in [-0.15, -0.1) is 11.3 Å². The van der Waals surface area contributed by atoms with E-state index < -0.39 is 10.8 Å². The number of hydrogen-bond donors (Lipinski definition) is 2. The standard InChI is InChI=1S/C23H24N4O3S2/c1-27-13-15(12-25-27)19-11-18(14-5-7-16(8-6-14)30-10-9-28)20-21(24)23(31-22(20)26-19)32(29)17-3-2-4-17/h5-8,11-13,17,28H,2-4,9-10,24H2,1H3. The third kappa shape index (κ3) is 3.80. The largest absolute Gasteiger partial charge is 0.491 e. The molecule has 3 heterocycles. The highest BCUT2D eigenvalue weighted by Gasteiger charge is 2.29. The van der Waals surface area contributed by atoms with Crippen molar-refractivity contribution in [3.63, 3.8) is 0 Å². The number of thiophene rings is 1. The van der Waals surface area contributed by atoms with Crippen LogP contribution in [0.25, 0.3) is 32.6 Å². The number of aromatic nitrogens is 3. The highest BCUT2D eigenvalue weighted by Crippen LogP contribution is 2.44. The predicted molar refractivity (Wildman–Crippen MR) is 128 cm³/mol. The molecule has 3 N–H and O–H groups in total. The maximum atomic E-state index is 13.1. The highest BCUT2D eigenvalue weighted by molar-refractivity contribution is 7.88. The molecule has 7 nitrogen and oxygen atoms in total. The SMILES string of the molecule is Cn1cc(-c2cc(-c3ccc(OCCO)cc3)c3c(N)c(S(=O)C4CCC4)sc3n2)cn1. The number of aliphatic hydroxyl groups is 1. The number of anilines is 1. The van der Waals surface area contributed by atoms with Crippen molar-refractivity contribution >= 4 is 38.0 Å². The molecule has 1 aliphatic carbocycles. The Morgan fingerprint density at radius 2 is 2.06 bits per heavy atom. The van der Waals surface area contributed by atoms with Crippen LogP contribution in [0.5, 0.6) is 5.75 Å². The van der Waals surface area contributed by atoms with Crippen molar-refractivity contribution in [1.29, 1.82) is 0 Å². The lowest BCUT2D eigenvalue weighted by atomic mass is 10.00. The van der Waals surface area contributed by atoms with Crippen LogP contribution in [0.15, 0.2) is 46.9 Å². The fourth-order valence-corrected chi connectivity index (χ4v) is 7.02. The minimum Gasteiger partial charge on any atom is -0.491 e. The summed E-state index contributed by atoms with van der Waals surface area (Å²) in [4.78, 5) is 5.65. The molecule has 1 saturated carbocycles. The van der Waals surface area contributed by atoms with Crippen molar-refractivity contribution in [2.75, 3.05) is 18.9 Å². The number of nitrogens with zero attached hydrogens (tertiary/aromatic N) is 3. The molecule has 1 aliphatic rings. The molecule has 0 aliphatic heterocycles. The molecular formula is C23H24N4O3S2. The summed E-state index contributed by atoms with van der Waals surface area (Å²) in [5.74, 6) is 0.686. The summed E-state index contributed by atoms with van der Waals surface area (Å²) in [6.07, 6.45) is 6.80. The van der Waals surface area contributed by atoms with Crippen LogP contribution in [0.4, 0.5) is 5.69 Å². The molecule has 32 heavy (non-hydrogen) atoms. The van der Waals surface area contributed by atoms with E-state index in [-0.39, 0.29) is 18.5 Å². The molecule has 0 saturated heterocycles. The average Bonchev–Trinajstić information content (AvgIpc) is 3.34. The van der Waals surface area contributed by atoms with E-state index in [0.717, 1.165) is 56.1 Å². The Morgan fingerprint density at radius 3 is 2.69 bits per heavy atom. The Balaban J connectivity index is 1.66. The van der Waals surface area contributed by atoms with Gasteiger partial charge in [-0.25, -0.2) is 4.98 Å². The molecule has 1 aromatic carbocycles. The van der Waals surface area contributed by atoms with Gasteiger partial charge in [-0.2, -0.15) is 5.10 Å². The van der Waals surface area contributed by atoms with E-state index in [1.54, 1.807) is 10.9 Å². The Morgan fingerprint density at radius 1 is 1.28 bits per heavy atom. The monoisotopic (exact) mass is 468 g/mol. The van der Waals surface area contributed by atoms with E-state index >= 15 is 0 Å².